The Balaban J connectivity index is 0.00000312. The number of likely N-dealkylation sites (tertiary alicyclic amines) is 1. The van der Waals surface area contributed by atoms with Gasteiger partial charge in [-0.25, -0.2) is 13.1 Å². The Bertz CT molecular complexity index is 699. The molecule has 0 aromatic heterocycles. The van der Waals surface area contributed by atoms with Gasteiger partial charge in [0.1, 0.15) is 0 Å². The van der Waals surface area contributed by atoms with Crippen LogP contribution < -0.4 is 10.5 Å². The van der Waals surface area contributed by atoms with Gasteiger partial charge < -0.3 is 10.6 Å². The van der Waals surface area contributed by atoms with E-state index in [1.807, 2.05) is 6.92 Å². The molecule has 0 saturated carbocycles. The summed E-state index contributed by atoms with van der Waals surface area (Å²) in [4.78, 5) is 14.5. The maximum Gasteiger partial charge on any atom is 0.253 e. The molecule has 0 spiro atoms. The van der Waals surface area contributed by atoms with E-state index in [1.165, 1.54) is 18.2 Å². The molecule has 1 atom stereocenters. The Labute approximate surface area is 155 Å². The van der Waals surface area contributed by atoms with Gasteiger partial charge in [0.05, 0.1) is 4.90 Å². The first-order valence-electron chi connectivity index (χ1n) is 8.10. The highest BCUT2D eigenvalue weighted by Crippen LogP contribution is 2.22. The predicted octanol–water partition coefficient (Wildman–Crippen LogP) is 1.77. The average molecular weight is 388 g/mol. The Morgan fingerprint density at radius 1 is 1.44 bits per heavy atom. The van der Waals surface area contributed by atoms with Gasteiger partial charge in [0.2, 0.25) is 10.0 Å². The summed E-state index contributed by atoms with van der Waals surface area (Å²) in [5, 5.41) is 0. The number of sulfonamides is 1. The molecule has 1 amide bonds. The second kappa shape index (κ2) is 9.33. The predicted molar refractivity (Wildman–Crippen MR) is 101 cm³/mol. The molecular weight excluding hydrogens is 362 g/mol. The Morgan fingerprint density at radius 3 is 2.64 bits per heavy atom. The summed E-state index contributed by atoms with van der Waals surface area (Å²) in [5.74, 6) is 0.294. The molecule has 0 bridgehead atoms. The molecule has 1 unspecified atom stereocenters. The second-order valence-electron chi connectivity index (χ2n) is 6.16. The highest BCUT2D eigenvalue weighted by atomic mass is 35.5. The van der Waals surface area contributed by atoms with Crippen LogP contribution in [0.15, 0.2) is 41.8 Å². The number of piperidine rings is 1. The minimum atomic E-state index is -3.64. The van der Waals surface area contributed by atoms with Crippen LogP contribution in [0.3, 0.4) is 0 Å². The SMILES string of the molecule is C=CCNS(=O)(=O)c1cccc(C(=O)N2CCC(C(C)N)CC2)c1.Cl. The lowest BCUT2D eigenvalue weighted by Gasteiger charge is -2.33. The molecule has 1 heterocycles. The fourth-order valence-electron chi connectivity index (χ4n) is 2.86. The summed E-state index contributed by atoms with van der Waals surface area (Å²) in [6.45, 7) is 6.92. The van der Waals surface area contributed by atoms with Crippen molar-refractivity contribution >= 4 is 28.3 Å². The largest absolute Gasteiger partial charge is 0.339 e. The maximum atomic E-state index is 12.6. The van der Waals surface area contributed by atoms with Crippen LogP contribution >= 0.6 is 12.4 Å². The Kier molecular flexibility index (Phi) is 8.08. The van der Waals surface area contributed by atoms with Crippen molar-refractivity contribution in [3.8, 4) is 0 Å². The zero-order valence-corrected chi connectivity index (χ0v) is 16.0. The molecule has 25 heavy (non-hydrogen) atoms. The van der Waals surface area contributed by atoms with Gasteiger partial charge in [-0.05, 0) is 43.9 Å². The molecule has 2 rings (SSSR count). The first-order valence-corrected chi connectivity index (χ1v) is 9.59. The van der Waals surface area contributed by atoms with E-state index in [0.717, 1.165) is 12.8 Å². The van der Waals surface area contributed by atoms with Crippen molar-refractivity contribution in [3.63, 3.8) is 0 Å². The number of benzene rings is 1. The van der Waals surface area contributed by atoms with Crippen LogP contribution in [-0.2, 0) is 10.0 Å². The monoisotopic (exact) mass is 387 g/mol. The molecule has 6 nitrogen and oxygen atoms in total. The molecule has 1 aromatic rings. The average Bonchev–Trinajstić information content (AvgIpc) is 2.59. The van der Waals surface area contributed by atoms with Crippen LogP contribution in [0.4, 0.5) is 0 Å². The smallest absolute Gasteiger partial charge is 0.253 e. The van der Waals surface area contributed by atoms with E-state index in [-0.39, 0.29) is 35.8 Å². The van der Waals surface area contributed by atoms with E-state index in [9.17, 15) is 13.2 Å². The Morgan fingerprint density at radius 2 is 2.08 bits per heavy atom. The van der Waals surface area contributed by atoms with Gasteiger partial charge >= 0.3 is 0 Å². The lowest BCUT2D eigenvalue weighted by atomic mass is 9.90. The van der Waals surface area contributed by atoms with E-state index in [0.29, 0.717) is 24.6 Å². The van der Waals surface area contributed by atoms with Crippen LogP contribution in [0.5, 0.6) is 0 Å². The quantitative estimate of drug-likeness (QED) is 0.727. The third kappa shape index (κ3) is 5.54. The minimum absolute atomic E-state index is 0. The van der Waals surface area contributed by atoms with Gasteiger partial charge in [0, 0.05) is 31.2 Å². The molecule has 0 radical (unpaired) electrons. The van der Waals surface area contributed by atoms with Crippen molar-refractivity contribution in [1.82, 2.24) is 9.62 Å². The first-order chi connectivity index (χ1) is 11.3. The van der Waals surface area contributed by atoms with E-state index in [2.05, 4.69) is 11.3 Å². The van der Waals surface area contributed by atoms with Gasteiger partial charge in [-0.15, -0.1) is 19.0 Å². The van der Waals surface area contributed by atoms with Gasteiger partial charge in [0.15, 0.2) is 0 Å². The van der Waals surface area contributed by atoms with Crippen molar-refractivity contribution in [2.24, 2.45) is 11.7 Å². The zero-order chi connectivity index (χ0) is 17.7. The first kappa shape index (κ1) is 21.6. The zero-order valence-electron chi connectivity index (χ0n) is 14.3. The summed E-state index contributed by atoms with van der Waals surface area (Å²) < 4.78 is 26.7. The van der Waals surface area contributed by atoms with Crippen molar-refractivity contribution in [2.45, 2.75) is 30.7 Å². The number of halogens is 1. The molecule has 1 fully saturated rings. The molecule has 1 aliphatic heterocycles. The van der Waals surface area contributed by atoms with Gasteiger partial charge in [-0.1, -0.05) is 12.1 Å². The molecule has 1 aliphatic rings. The van der Waals surface area contributed by atoms with Gasteiger partial charge in [0.25, 0.3) is 5.91 Å². The van der Waals surface area contributed by atoms with Crippen molar-refractivity contribution in [2.75, 3.05) is 19.6 Å². The van der Waals surface area contributed by atoms with Crippen LogP contribution in [0, 0.1) is 5.92 Å². The number of hydrogen-bond acceptors (Lipinski definition) is 4. The van der Waals surface area contributed by atoms with Crippen molar-refractivity contribution < 1.29 is 13.2 Å². The molecule has 8 heteroatoms. The molecule has 140 valence electrons. The highest BCUT2D eigenvalue weighted by Gasteiger charge is 2.26. The number of carbonyl (C=O) groups is 1. The Hall–Kier alpha value is -1.41. The molecule has 0 aliphatic carbocycles. The van der Waals surface area contributed by atoms with Gasteiger partial charge in [-0.3, -0.25) is 4.79 Å². The normalized spacial score (nSPS) is 16.8. The lowest BCUT2D eigenvalue weighted by molar-refractivity contribution is 0.0680. The highest BCUT2D eigenvalue weighted by molar-refractivity contribution is 7.89. The summed E-state index contributed by atoms with van der Waals surface area (Å²) in [6.07, 6.45) is 3.22. The number of carbonyl (C=O) groups excluding carboxylic acids is 1. The van der Waals surface area contributed by atoms with Crippen LogP contribution in [0.25, 0.3) is 0 Å². The third-order valence-electron chi connectivity index (χ3n) is 4.38. The van der Waals surface area contributed by atoms with E-state index >= 15 is 0 Å². The minimum Gasteiger partial charge on any atom is -0.339 e. The standard InChI is InChI=1S/C17H25N3O3S.ClH/c1-3-9-19-24(22,23)16-6-4-5-15(12-16)17(21)20-10-7-14(8-11-20)13(2)18;/h3-6,12-14,19H,1,7-11,18H2,2H3;1H. The summed E-state index contributed by atoms with van der Waals surface area (Å²) in [6, 6.07) is 6.26. The van der Waals surface area contributed by atoms with Gasteiger partial charge in [-0.2, -0.15) is 0 Å². The van der Waals surface area contributed by atoms with Crippen molar-refractivity contribution in [3.05, 3.63) is 42.5 Å². The number of nitrogens with two attached hydrogens (primary N) is 1. The summed E-state index contributed by atoms with van der Waals surface area (Å²) >= 11 is 0. The third-order valence-corrected chi connectivity index (χ3v) is 5.80. The number of amides is 1. The fourth-order valence-corrected chi connectivity index (χ4v) is 3.90. The molecule has 3 N–H and O–H groups in total. The van der Waals surface area contributed by atoms with E-state index < -0.39 is 10.0 Å². The number of hydrogen-bond donors (Lipinski definition) is 2. The van der Waals surface area contributed by atoms with Crippen molar-refractivity contribution in [1.29, 1.82) is 0 Å². The summed E-state index contributed by atoms with van der Waals surface area (Å²) in [7, 11) is -3.64. The second-order valence-corrected chi connectivity index (χ2v) is 7.92. The van der Waals surface area contributed by atoms with E-state index in [1.54, 1.807) is 17.0 Å². The molecular formula is C17H26ClN3O3S. The lowest BCUT2D eigenvalue weighted by Crippen LogP contribution is -2.42. The fraction of sp³-hybridized carbons (Fsp3) is 0.471. The van der Waals surface area contributed by atoms with Crippen LogP contribution in [0.1, 0.15) is 30.1 Å². The number of nitrogens with one attached hydrogen (secondary N) is 1. The van der Waals surface area contributed by atoms with E-state index in [4.69, 9.17) is 5.73 Å². The maximum absolute atomic E-state index is 12.6. The molecule has 1 aromatic carbocycles. The number of rotatable bonds is 6. The number of nitrogens with zero attached hydrogens (tertiary/aromatic N) is 1. The molecule has 1 saturated heterocycles. The van der Waals surface area contributed by atoms with Crippen LogP contribution in [-0.4, -0.2) is 44.9 Å². The van der Waals surface area contributed by atoms with Crippen LogP contribution in [0.2, 0.25) is 0 Å². The summed E-state index contributed by atoms with van der Waals surface area (Å²) in [5.41, 5.74) is 6.31. The topological polar surface area (TPSA) is 92.5 Å².